The third-order valence-electron chi connectivity index (χ3n) is 5.50. The van der Waals surface area contributed by atoms with Crippen LogP contribution >= 0.6 is 0 Å². The van der Waals surface area contributed by atoms with Gasteiger partial charge in [0, 0.05) is 31.9 Å². The molecule has 0 spiro atoms. The van der Waals surface area contributed by atoms with Gasteiger partial charge in [-0.05, 0) is 43.2 Å². The van der Waals surface area contributed by atoms with Gasteiger partial charge in [0.25, 0.3) is 11.5 Å². The number of fused-ring (bicyclic) bond motifs is 1. The van der Waals surface area contributed by atoms with E-state index in [1.807, 2.05) is 0 Å². The summed E-state index contributed by atoms with van der Waals surface area (Å²) in [6.07, 6.45) is 0.728. The first-order valence-corrected chi connectivity index (χ1v) is 11.0. The van der Waals surface area contributed by atoms with Crippen molar-refractivity contribution >= 4 is 16.8 Å². The van der Waals surface area contributed by atoms with Gasteiger partial charge in [-0.25, -0.2) is 4.79 Å². The van der Waals surface area contributed by atoms with E-state index in [9.17, 15) is 14.4 Å². The molecule has 4 rings (SSSR count). The van der Waals surface area contributed by atoms with E-state index in [1.165, 1.54) is 9.13 Å². The molecule has 2 aromatic heterocycles. The van der Waals surface area contributed by atoms with Gasteiger partial charge in [-0.3, -0.25) is 18.7 Å². The number of rotatable bonds is 9. The van der Waals surface area contributed by atoms with Crippen LogP contribution in [-0.2, 0) is 17.8 Å². The summed E-state index contributed by atoms with van der Waals surface area (Å²) in [7, 11) is 1.62. The highest BCUT2D eigenvalue weighted by Crippen LogP contribution is 2.12. The Kier molecular flexibility index (Phi) is 7.03. The number of amides is 1. The van der Waals surface area contributed by atoms with E-state index in [2.05, 4.69) is 10.5 Å². The second-order valence-electron chi connectivity index (χ2n) is 8.01. The Morgan fingerprint density at radius 2 is 1.82 bits per heavy atom. The lowest BCUT2D eigenvalue weighted by Gasteiger charge is -2.13. The van der Waals surface area contributed by atoms with E-state index in [0.717, 1.165) is 12.0 Å². The zero-order chi connectivity index (χ0) is 24.1. The number of hydrogen-bond donors (Lipinski definition) is 1. The van der Waals surface area contributed by atoms with Crippen molar-refractivity contribution in [2.75, 3.05) is 20.3 Å². The van der Waals surface area contributed by atoms with Crippen LogP contribution in [0, 0.1) is 6.92 Å². The van der Waals surface area contributed by atoms with Crippen molar-refractivity contribution in [2.45, 2.75) is 26.4 Å². The summed E-state index contributed by atoms with van der Waals surface area (Å²) < 4.78 is 12.8. The van der Waals surface area contributed by atoms with E-state index in [1.54, 1.807) is 68.6 Å². The fourth-order valence-electron chi connectivity index (χ4n) is 3.78. The van der Waals surface area contributed by atoms with Crippen molar-refractivity contribution in [3.8, 4) is 0 Å². The second kappa shape index (κ2) is 10.3. The fraction of sp³-hybridized carbons (Fsp3) is 0.280. The van der Waals surface area contributed by atoms with Gasteiger partial charge >= 0.3 is 5.69 Å². The molecule has 9 heteroatoms. The maximum absolute atomic E-state index is 13.4. The average Bonchev–Trinajstić information content (AvgIpc) is 3.27. The molecule has 34 heavy (non-hydrogen) atoms. The van der Waals surface area contributed by atoms with E-state index in [0.29, 0.717) is 41.1 Å². The third-order valence-corrected chi connectivity index (χ3v) is 5.50. The molecule has 0 radical (unpaired) electrons. The molecule has 0 fully saturated rings. The van der Waals surface area contributed by atoms with Gasteiger partial charge in [0.05, 0.1) is 24.0 Å². The van der Waals surface area contributed by atoms with Gasteiger partial charge in [0.1, 0.15) is 11.5 Å². The number of aryl methyl sites for hydroxylation is 1. The van der Waals surface area contributed by atoms with Crippen LogP contribution in [0.4, 0.5) is 0 Å². The zero-order valence-electron chi connectivity index (χ0n) is 19.1. The molecular formula is C25H26N4O5. The number of hydrogen-bond acceptors (Lipinski definition) is 6. The Labute approximate surface area is 195 Å². The predicted molar refractivity (Wildman–Crippen MR) is 127 cm³/mol. The van der Waals surface area contributed by atoms with E-state index < -0.39 is 5.69 Å². The smallest absolute Gasteiger partial charge is 0.332 e. The van der Waals surface area contributed by atoms with Crippen molar-refractivity contribution in [3.63, 3.8) is 0 Å². The number of aromatic nitrogens is 3. The molecule has 0 atom stereocenters. The molecule has 0 aliphatic heterocycles. The molecule has 0 saturated carbocycles. The highest BCUT2D eigenvalue weighted by molar-refractivity contribution is 5.94. The highest BCUT2D eigenvalue weighted by atomic mass is 16.5. The first-order valence-electron chi connectivity index (χ1n) is 11.0. The maximum Gasteiger partial charge on any atom is 0.332 e. The SMILES string of the molecule is COCCCNC(=O)c1ccc(Cn2c(=O)c3ccccc3n(Cc3cc(C)on3)c2=O)cc1. The lowest BCUT2D eigenvalue weighted by Crippen LogP contribution is -2.40. The molecule has 2 aromatic carbocycles. The molecule has 176 valence electrons. The number of benzene rings is 2. The normalized spacial score (nSPS) is 11.1. The van der Waals surface area contributed by atoms with Gasteiger partial charge < -0.3 is 14.6 Å². The minimum Gasteiger partial charge on any atom is -0.385 e. The number of ether oxygens (including phenoxy) is 1. The largest absolute Gasteiger partial charge is 0.385 e. The van der Waals surface area contributed by atoms with Crippen molar-refractivity contribution < 1.29 is 14.1 Å². The number of methoxy groups -OCH3 is 1. The summed E-state index contributed by atoms with van der Waals surface area (Å²) in [5.74, 6) is 0.458. The van der Waals surface area contributed by atoms with Crippen molar-refractivity contribution in [1.82, 2.24) is 19.6 Å². The van der Waals surface area contributed by atoms with Crippen LogP contribution in [0.3, 0.4) is 0 Å². The van der Waals surface area contributed by atoms with Gasteiger partial charge in [-0.1, -0.05) is 29.4 Å². The zero-order valence-corrected chi connectivity index (χ0v) is 19.1. The maximum atomic E-state index is 13.4. The Hall–Kier alpha value is -3.98. The summed E-state index contributed by atoms with van der Waals surface area (Å²) in [5, 5.41) is 7.26. The molecular weight excluding hydrogens is 436 g/mol. The Morgan fingerprint density at radius 1 is 1.06 bits per heavy atom. The van der Waals surface area contributed by atoms with Crippen LogP contribution in [-0.4, -0.2) is 40.5 Å². The van der Waals surface area contributed by atoms with Crippen LogP contribution in [0.1, 0.15) is 33.8 Å². The molecule has 0 saturated heterocycles. The van der Waals surface area contributed by atoms with Gasteiger partial charge in [-0.15, -0.1) is 0 Å². The molecule has 1 N–H and O–H groups in total. The van der Waals surface area contributed by atoms with E-state index in [4.69, 9.17) is 9.26 Å². The summed E-state index contributed by atoms with van der Waals surface area (Å²) in [5.41, 5.74) is 1.56. The molecule has 0 aliphatic carbocycles. The van der Waals surface area contributed by atoms with Crippen LogP contribution in [0.25, 0.3) is 10.9 Å². The predicted octanol–water partition coefficient (Wildman–Crippen LogP) is 2.32. The third kappa shape index (κ3) is 4.99. The molecule has 9 nitrogen and oxygen atoms in total. The van der Waals surface area contributed by atoms with Crippen LogP contribution < -0.4 is 16.6 Å². The summed E-state index contributed by atoms with van der Waals surface area (Å²) in [6, 6.07) is 15.6. The lowest BCUT2D eigenvalue weighted by molar-refractivity contribution is 0.0948. The Balaban J connectivity index is 1.62. The molecule has 0 unspecified atom stereocenters. The quantitative estimate of drug-likeness (QED) is 0.383. The minimum absolute atomic E-state index is 0.0794. The van der Waals surface area contributed by atoms with Crippen molar-refractivity contribution in [3.05, 3.63) is 98.0 Å². The van der Waals surface area contributed by atoms with Crippen LogP contribution in [0.5, 0.6) is 0 Å². The molecule has 2 heterocycles. The summed E-state index contributed by atoms with van der Waals surface area (Å²) >= 11 is 0. The van der Waals surface area contributed by atoms with Gasteiger partial charge in [0.2, 0.25) is 0 Å². The van der Waals surface area contributed by atoms with E-state index in [-0.39, 0.29) is 24.6 Å². The average molecular weight is 463 g/mol. The monoisotopic (exact) mass is 462 g/mol. The second-order valence-corrected chi connectivity index (χ2v) is 8.01. The standard InChI is InChI=1S/C25H26N4O5/c1-17-14-20(27-34-17)16-28-22-7-4-3-6-21(22)24(31)29(25(28)32)15-18-8-10-19(11-9-18)23(30)26-12-5-13-33-2/h3-4,6-11,14H,5,12-13,15-16H2,1-2H3,(H,26,30). The number of nitrogens with one attached hydrogen (secondary N) is 1. The molecule has 4 aromatic rings. The number of nitrogens with zero attached hydrogens (tertiary/aromatic N) is 3. The number of carbonyl (C=O) groups excluding carboxylic acids is 1. The number of para-hydroxylation sites is 1. The van der Waals surface area contributed by atoms with Gasteiger partial charge in [-0.2, -0.15) is 0 Å². The topological polar surface area (TPSA) is 108 Å². The Morgan fingerprint density at radius 3 is 2.53 bits per heavy atom. The van der Waals surface area contributed by atoms with Crippen molar-refractivity contribution in [1.29, 1.82) is 0 Å². The minimum atomic E-state index is -0.440. The lowest BCUT2D eigenvalue weighted by atomic mass is 10.1. The van der Waals surface area contributed by atoms with Crippen LogP contribution in [0.15, 0.2) is 68.7 Å². The molecule has 1 amide bonds. The van der Waals surface area contributed by atoms with Crippen molar-refractivity contribution in [2.24, 2.45) is 0 Å². The molecule has 0 bridgehead atoms. The highest BCUT2D eigenvalue weighted by Gasteiger charge is 2.15. The first-order chi connectivity index (χ1) is 16.5. The number of carbonyl (C=O) groups is 1. The van der Waals surface area contributed by atoms with E-state index >= 15 is 0 Å². The van der Waals surface area contributed by atoms with Crippen LogP contribution in [0.2, 0.25) is 0 Å². The molecule has 0 aliphatic rings. The Bertz CT molecular complexity index is 1420. The van der Waals surface area contributed by atoms with Gasteiger partial charge in [0.15, 0.2) is 0 Å². The first kappa shape index (κ1) is 23.2. The fourth-order valence-corrected chi connectivity index (χ4v) is 3.78. The summed E-state index contributed by atoms with van der Waals surface area (Å²) in [6.45, 7) is 3.14. The summed E-state index contributed by atoms with van der Waals surface area (Å²) in [4.78, 5) is 38.8.